The maximum absolute atomic E-state index is 13.4. The SMILES string of the molecule is O=C(C=Cc1cccc(Oc2cccnc2C2=NCCN2)c1)Nc1ccc(C#CCO)c(C(F)(F)F)c1. The number of anilines is 1. The second-order valence-electron chi connectivity index (χ2n) is 7.72. The van der Waals surface area contributed by atoms with E-state index in [1.807, 2.05) is 0 Å². The summed E-state index contributed by atoms with van der Waals surface area (Å²) in [6.45, 7) is 0.822. The van der Waals surface area contributed by atoms with Gasteiger partial charge in [-0.3, -0.25) is 9.79 Å². The van der Waals surface area contributed by atoms with Gasteiger partial charge >= 0.3 is 6.18 Å². The van der Waals surface area contributed by atoms with Gasteiger partial charge in [0, 0.05) is 30.1 Å². The Morgan fingerprint density at radius 1 is 1.19 bits per heavy atom. The second-order valence-corrected chi connectivity index (χ2v) is 7.72. The number of alkyl halides is 3. The first-order valence-corrected chi connectivity index (χ1v) is 11.1. The fraction of sp³-hybridized carbons (Fsp3) is 0.148. The van der Waals surface area contributed by atoms with E-state index >= 15 is 0 Å². The predicted molar refractivity (Wildman–Crippen MR) is 133 cm³/mol. The highest BCUT2D eigenvalue weighted by molar-refractivity contribution is 6.02. The van der Waals surface area contributed by atoms with E-state index in [4.69, 9.17) is 9.84 Å². The molecule has 2 aromatic carbocycles. The molecule has 1 aliphatic heterocycles. The molecule has 1 aromatic heterocycles. The number of ether oxygens (including phenoxy) is 1. The first-order chi connectivity index (χ1) is 17.8. The van der Waals surface area contributed by atoms with E-state index in [0.717, 1.165) is 18.7 Å². The molecule has 37 heavy (non-hydrogen) atoms. The zero-order chi connectivity index (χ0) is 26.3. The van der Waals surface area contributed by atoms with Crippen LogP contribution >= 0.6 is 0 Å². The molecule has 3 N–H and O–H groups in total. The van der Waals surface area contributed by atoms with Gasteiger partial charge in [-0.2, -0.15) is 13.2 Å². The molecule has 0 fully saturated rings. The van der Waals surface area contributed by atoms with E-state index < -0.39 is 24.3 Å². The zero-order valence-electron chi connectivity index (χ0n) is 19.3. The van der Waals surface area contributed by atoms with Crippen molar-refractivity contribution >= 4 is 23.5 Å². The largest absolute Gasteiger partial charge is 0.455 e. The van der Waals surface area contributed by atoms with Crippen LogP contribution in [0.1, 0.15) is 22.4 Å². The lowest BCUT2D eigenvalue weighted by Crippen LogP contribution is -2.21. The van der Waals surface area contributed by atoms with Crippen molar-refractivity contribution in [1.29, 1.82) is 0 Å². The number of carbonyl (C=O) groups is 1. The number of aliphatic hydroxyl groups excluding tert-OH is 1. The van der Waals surface area contributed by atoms with Crippen LogP contribution in [-0.2, 0) is 11.0 Å². The molecular weight excluding hydrogens is 485 g/mol. The van der Waals surface area contributed by atoms with Crippen molar-refractivity contribution in [2.75, 3.05) is 25.0 Å². The normalized spacial score (nSPS) is 12.9. The van der Waals surface area contributed by atoms with Gasteiger partial charge in [0.1, 0.15) is 18.1 Å². The average Bonchev–Trinajstić information content (AvgIpc) is 3.42. The van der Waals surface area contributed by atoms with E-state index in [1.165, 1.54) is 18.2 Å². The minimum atomic E-state index is -4.68. The fourth-order valence-corrected chi connectivity index (χ4v) is 3.47. The average molecular weight is 506 g/mol. The minimum Gasteiger partial charge on any atom is -0.455 e. The summed E-state index contributed by atoms with van der Waals surface area (Å²) in [6.07, 6.45) is -0.305. The van der Waals surface area contributed by atoms with Crippen LogP contribution in [0.2, 0.25) is 0 Å². The summed E-state index contributed by atoms with van der Waals surface area (Å²) in [5, 5.41) is 14.3. The van der Waals surface area contributed by atoms with Crippen molar-refractivity contribution in [3.63, 3.8) is 0 Å². The van der Waals surface area contributed by atoms with Gasteiger partial charge in [-0.1, -0.05) is 24.0 Å². The van der Waals surface area contributed by atoms with Gasteiger partial charge in [0.05, 0.1) is 12.1 Å². The lowest BCUT2D eigenvalue weighted by Gasteiger charge is -2.12. The molecule has 0 saturated heterocycles. The quantitative estimate of drug-likeness (QED) is 0.344. The first kappa shape index (κ1) is 25.5. The van der Waals surface area contributed by atoms with Gasteiger partial charge in [0.15, 0.2) is 11.6 Å². The Kier molecular flexibility index (Phi) is 7.86. The van der Waals surface area contributed by atoms with Crippen LogP contribution in [0.3, 0.4) is 0 Å². The summed E-state index contributed by atoms with van der Waals surface area (Å²) in [7, 11) is 0. The lowest BCUT2D eigenvalue weighted by atomic mass is 10.1. The maximum atomic E-state index is 13.4. The van der Waals surface area contributed by atoms with Crippen molar-refractivity contribution in [3.8, 4) is 23.3 Å². The number of halogens is 3. The lowest BCUT2D eigenvalue weighted by molar-refractivity contribution is -0.137. The third-order valence-corrected chi connectivity index (χ3v) is 5.08. The first-order valence-electron chi connectivity index (χ1n) is 11.1. The van der Waals surface area contributed by atoms with E-state index in [9.17, 15) is 18.0 Å². The minimum absolute atomic E-state index is 0.0406. The number of rotatable bonds is 6. The predicted octanol–water partition coefficient (Wildman–Crippen LogP) is 4.24. The van der Waals surface area contributed by atoms with Gasteiger partial charge in [-0.25, -0.2) is 4.98 Å². The highest BCUT2D eigenvalue weighted by atomic mass is 19.4. The number of pyridine rings is 1. The number of nitrogens with one attached hydrogen (secondary N) is 2. The number of hydrogen-bond acceptors (Lipinski definition) is 6. The van der Waals surface area contributed by atoms with E-state index in [0.29, 0.717) is 35.1 Å². The fourth-order valence-electron chi connectivity index (χ4n) is 3.47. The number of nitrogens with zero attached hydrogens (tertiary/aromatic N) is 2. The van der Waals surface area contributed by atoms with Crippen molar-refractivity contribution in [2.24, 2.45) is 4.99 Å². The topological polar surface area (TPSA) is 95.8 Å². The molecule has 1 aliphatic rings. The molecule has 10 heteroatoms. The molecule has 1 amide bonds. The number of benzene rings is 2. The molecule has 0 radical (unpaired) electrons. The van der Waals surface area contributed by atoms with Crippen molar-refractivity contribution in [3.05, 3.63) is 89.3 Å². The molecule has 3 aromatic rings. The summed E-state index contributed by atoms with van der Waals surface area (Å²) in [5.41, 5.74) is -0.110. The molecule has 188 valence electrons. The van der Waals surface area contributed by atoms with E-state index in [-0.39, 0.29) is 11.3 Å². The Morgan fingerprint density at radius 2 is 2.05 bits per heavy atom. The Balaban J connectivity index is 1.46. The number of aromatic nitrogens is 1. The Labute approximate surface area is 210 Å². The molecule has 0 aliphatic carbocycles. The van der Waals surface area contributed by atoms with Crippen LogP contribution in [0.15, 0.2) is 71.9 Å². The van der Waals surface area contributed by atoms with Gasteiger partial charge in [0.2, 0.25) is 5.91 Å². The van der Waals surface area contributed by atoms with Crippen LogP contribution in [0.5, 0.6) is 11.5 Å². The van der Waals surface area contributed by atoms with E-state index in [1.54, 1.807) is 42.6 Å². The van der Waals surface area contributed by atoms with Crippen LogP contribution in [0.4, 0.5) is 18.9 Å². The monoisotopic (exact) mass is 506 g/mol. The maximum Gasteiger partial charge on any atom is 0.417 e. The summed E-state index contributed by atoms with van der Waals surface area (Å²) < 4.78 is 46.2. The van der Waals surface area contributed by atoms with Crippen molar-refractivity contribution < 1.29 is 27.8 Å². The van der Waals surface area contributed by atoms with Gasteiger partial charge < -0.3 is 20.5 Å². The van der Waals surface area contributed by atoms with Crippen LogP contribution in [-0.4, -0.2) is 41.5 Å². The molecule has 2 heterocycles. The molecule has 7 nitrogen and oxygen atoms in total. The zero-order valence-corrected chi connectivity index (χ0v) is 19.3. The number of carbonyl (C=O) groups excluding carboxylic acids is 1. The standard InChI is InChI=1S/C27H21F3N4O3/c28-27(29,30)22-17-20(10-9-19(22)5-3-15-35)34-24(36)11-8-18-4-1-6-21(16-18)37-23-7-2-12-31-25(23)26-32-13-14-33-26/h1-2,4,6-12,16-17,35H,13-15H2,(H,32,33)(H,34,36). The van der Waals surface area contributed by atoms with Crippen molar-refractivity contribution in [2.45, 2.75) is 6.18 Å². The Bertz CT molecular complexity index is 1420. The third kappa shape index (κ3) is 6.74. The van der Waals surface area contributed by atoms with Crippen molar-refractivity contribution in [1.82, 2.24) is 10.3 Å². The van der Waals surface area contributed by atoms with Gasteiger partial charge in [-0.15, -0.1) is 0 Å². The molecular formula is C27H21F3N4O3. The molecule has 0 atom stereocenters. The van der Waals surface area contributed by atoms with Crippen LogP contribution in [0.25, 0.3) is 6.08 Å². The summed E-state index contributed by atoms with van der Waals surface area (Å²) in [6, 6.07) is 13.7. The third-order valence-electron chi connectivity index (χ3n) is 5.08. The number of hydrogen-bond donors (Lipinski definition) is 3. The summed E-state index contributed by atoms with van der Waals surface area (Å²) in [5.74, 6) is 5.52. The smallest absolute Gasteiger partial charge is 0.417 e. The number of amides is 1. The highest BCUT2D eigenvalue weighted by Crippen LogP contribution is 2.33. The van der Waals surface area contributed by atoms with Crippen LogP contribution in [0, 0.1) is 11.8 Å². The summed E-state index contributed by atoms with van der Waals surface area (Å²) in [4.78, 5) is 21.1. The Morgan fingerprint density at radius 3 is 2.81 bits per heavy atom. The highest BCUT2D eigenvalue weighted by Gasteiger charge is 2.33. The molecule has 0 bridgehead atoms. The van der Waals surface area contributed by atoms with Gasteiger partial charge in [0.25, 0.3) is 0 Å². The molecule has 0 unspecified atom stereocenters. The molecule has 0 spiro atoms. The molecule has 0 saturated carbocycles. The molecule has 4 rings (SSSR count). The second kappa shape index (κ2) is 11.4. The van der Waals surface area contributed by atoms with Crippen LogP contribution < -0.4 is 15.4 Å². The van der Waals surface area contributed by atoms with Gasteiger partial charge in [-0.05, 0) is 54.1 Å². The number of aliphatic hydroxyl groups is 1. The number of amidine groups is 1. The van der Waals surface area contributed by atoms with E-state index in [2.05, 4.69) is 32.5 Å². The number of aliphatic imine (C=N–C) groups is 1. The Hall–Kier alpha value is -4.62. The summed E-state index contributed by atoms with van der Waals surface area (Å²) >= 11 is 0.